The molecule has 0 bridgehead atoms. The molecule has 0 aromatic heterocycles. The van der Waals surface area contributed by atoms with Gasteiger partial charge in [-0.05, 0) is 38.7 Å². The van der Waals surface area contributed by atoms with Crippen LogP contribution in [0.3, 0.4) is 0 Å². The lowest BCUT2D eigenvalue weighted by Crippen LogP contribution is -2.41. The van der Waals surface area contributed by atoms with Crippen LogP contribution in [0.1, 0.15) is 25.3 Å². The van der Waals surface area contributed by atoms with E-state index in [1.54, 1.807) is 40.1 Å². The summed E-state index contributed by atoms with van der Waals surface area (Å²) in [5, 5.41) is 12.7. The zero-order valence-corrected chi connectivity index (χ0v) is 18.1. The van der Waals surface area contributed by atoms with Gasteiger partial charge in [-0.15, -0.1) is 0 Å². The van der Waals surface area contributed by atoms with Crippen molar-refractivity contribution >= 4 is 18.9 Å². The fourth-order valence-electron chi connectivity index (χ4n) is 3.57. The lowest BCUT2D eigenvalue weighted by Gasteiger charge is -2.21. The number of nitrogens with zero attached hydrogens (tertiary/aromatic N) is 1. The molecule has 1 fully saturated rings. The van der Waals surface area contributed by atoms with Crippen LogP contribution < -0.4 is 14.7 Å². The molecule has 30 heavy (non-hydrogen) atoms. The SMILES string of the molecule is CCOC(=O)C=CC(CC1CCN(Cc2ccc(OC)cc2OC)C1=O)NB(C)O. The van der Waals surface area contributed by atoms with Gasteiger partial charge in [-0.25, -0.2) is 4.79 Å². The van der Waals surface area contributed by atoms with Crippen LogP contribution in [0.15, 0.2) is 30.4 Å². The van der Waals surface area contributed by atoms with E-state index in [9.17, 15) is 14.6 Å². The van der Waals surface area contributed by atoms with Gasteiger partial charge in [0, 0.05) is 42.8 Å². The molecular weight excluding hydrogens is 387 g/mol. The van der Waals surface area contributed by atoms with Crippen molar-refractivity contribution in [3.8, 4) is 11.5 Å². The normalized spacial score (nSPS) is 17.3. The van der Waals surface area contributed by atoms with E-state index in [1.807, 2.05) is 17.0 Å². The summed E-state index contributed by atoms with van der Waals surface area (Å²) in [7, 11) is 2.42. The Balaban J connectivity index is 2.03. The molecule has 1 aromatic carbocycles. The van der Waals surface area contributed by atoms with E-state index < -0.39 is 13.0 Å². The van der Waals surface area contributed by atoms with Gasteiger partial charge in [-0.1, -0.05) is 6.08 Å². The lowest BCUT2D eigenvalue weighted by atomic mass is 9.85. The van der Waals surface area contributed by atoms with Crippen molar-refractivity contribution in [3.05, 3.63) is 35.9 Å². The number of rotatable bonds is 11. The molecule has 1 amide bonds. The van der Waals surface area contributed by atoms with E-state index in [-0.39, 0.29) is 17.9 Å². The number of hydrogen-bond donors (Lipinski definition) is 2. The van der Waals surface area contributed by atoms with Gasteiger partial charge in [0.25, 0.3) is 0 Å². The summed E-state index contributed by atoms with van der Waals surface area (Å²) in [5.74, 6) is 0.784. The largest absolute Gasteiger partial charge is 0.497 e. The van der Waals surface area contributed by atoms with Crippen molar-refractivity contribution in [2.24, 2.45) is 5.92 Å². The van der Waals surface area contributed by atoms with Crippen molar-refractivity contribution in [1.29, 1.82) is 0 Å². The van der Waals surface area contributed by atoms with Gasteiger partial charge >= 0.3 is 13.0 Å². The van der Waals surface area contributed by atoms with Crippen LogP contribution in [-0.4, -0.2) is 62.3 Å². The summed E-state index contributed by atoms with van der Waals surface area (Å²) in [6, 6.07) is 5.23. The summed E-state index contributed by atoms with van der Waals surface area (Å²) in [6.07, 6.45) is 4.18. The maximum Gasteiger partial charge on any atom is 0.374 e. The summed E-state index contributed by atoms with van der Waals surface area (Å²) < 4.78 is 15.6. The molecule has 2 N–H and O–H groups in total. The van der Waals surface area contributed by atoms with Crippen LogP contribution in [0.2, 0.25) is 6.82 Å². The van der Waals surface area contributed by atoms with E-state index in [0.717, 1.165) is 5.56 Å². The topological polar surface area (TPSA) is 97.3 Å². The highest BCUT2D eigenvalue weighted by Gasteiger charge is 2.33. The lowest BCUT2D eigenvalue weighted by molar-refractivity contribution is -0.137. The first kappa shape index (κ1) is 23.8. The number of methoxy groups -OCH3 is 2. The summed E-state index contributed by atoms with van der Waals surface area (Å²) in [5.41, 5.74) is 0.910. The third-order valence-corrected chi connectivity index (χ3v) is 5.01. The van der Waals surface area contributed by atoms with Gasteiger partial charge in [0.1, 0.15) is 11.5 Å². The summed E-state index contributed by atoms with van der Waals surface area (Å²) in [6.45, 7) is 4.73. The first-order valence-corrected chi connectivity index (χ1v) is 10.2. The predicted octanol–water partition coefficient (Wildman–Crippen LogP) is 1.63. The highest BCUT2D eigenvalue weighted by atomic mass is 16.5. The number of amides is 1. The summed E-state index contributed by atoms with van der Waals surface area (Å²) >= 11 is 0. The Labute approximate surface area is 178 Å². The van der Waals surface area contributed by atoms with E-state index in [2.05, 4.69) is 5.23 Å². The third kappa shape index (κ3) is 6.78. The zero-order chi connectivity index (χ0) is 22.1. The molecule has 8 nitrogen and oxygen atoms in total. The maximum atomic E-state index is 12.9. The van der Waals surface area contributed by atoms with Crippen LogP contribution in [0.25, 0.3) is 0 Å². The molecule has 1 heterocycles. The van der Waals surface area contributed by atoms with Crippen LogP contribution in [0.4, 0.5) is 0 Å². The highest BCUT2D eigenvalue weighted by molar-refractivity contribution is 6.45. The van der Waals surface area contributed by atoms with Crippen molar-refractivity contribution < 1.29 is 28.8 Å². The molecule has 1 aliphatic rings. The molecule has 164 valence electrons. The van der Waals surface area contributed by atoms with Crippen molar-refractivity contribution in [2.45, 2.75) is 39.2 Å². The Morgan fingerprint density at radius 1 is 1.40 bits per heavy atom. The molecule has 0 spiro atoms. The number of carbonyl (C=O) groups excluding carboxylic acids is 2. The smallest absolute Gasteiger partial charge is 0.374 e. The molecule has 2 unspecified atom stereocenters. The molecule has 2 atom stereocenters. The molecular formula is C21H31BN2O6. The minimum Gasteiger partial charge on any atom is -0.497 e. The molecule has 9 heteroatoms. The predicted molar refractivity (Wildman–Crippen MR) is 114 cm³/mol. The molecule has 1 saturated heterocycles. The number of benzene rings is 1. The van der Waals surface area contributed by atoms with E-state index >= 15 is 0 Å². The Morgan fingerprint density at radius 2 is 2.17 bits per heavy atom. The average Bonchev–Trinajstić information content (AvgIpc) is 3.05. The van der Waals surface area contributed by atoms with Gasteiger partial charge in [0.2, 0.25) is 5.91 Å². The zero-order valence-electron chi connectivity index (χ0n) is 18.1. The average molecular weight is 418 g/mol. The van der Waals surface area contributed by atoms with Gasteiger partial charge < -0.3 is 29.4 Å². The second-order valence-electron chi connectivity index (χ2n) is 7.22. The third-order valence-electron chi connectivity index (χ3n) is 5.01. The fourth-order valence-corrected chi connectivity index (χ4v) is 3.57. The van der Waals surface area contributed by atoms with E-state index in [1.165, 1.54) is 6.08 Å². The molecule has 1 aromatic rings. The monoisotopic (exact) mass is 418 g/mol. The van der Waals surface area contributed by atoms with Crippen LogP contribution >= 0.6 is 0 Å². The molecule has 0 aliphatic carbocycles. The standard InChI is InChI=1S/C21H31BN2O6/c1-5-30-20(25)9-7-17(23-22(2)27)12-15-10-11-24(21(15)26)14-16-6-8-18(28-3)13-19(16)29-4/h6-9,13,15,17,23,27H,5,10-12,14H2,1-4H3. The van der Waals surface area contributed by atoms with Gasteiger partial charge in [-0.2, -0.15) is 0 Å². The number of carbonyl (C=O) groups is 2. The maximum absolute atomic E-state index is 12.9. The second kappa shape index (κ2) is 11.6. The van der Waals surface area contributed by atoms with E-state index in [4.69, 9.17) is 14.2 Å². The van der Waals surface area contributed by atoms with Crippen molar-refractivity contribution in [3.63, 3.8) is 0 Å². The Morgan fingerprint density at radius 3 is 2.80 bits per heavy atom. The number of ether oxygens (including phenoxy) is 3. The highest BCUT2D eigenvalue weighted by Crippen LogP contribution is 2.29. The number of nitrogens with one attached hydrogen (secondary N) is 1. The molecule has 0 radical (unpaired) electrons. The molecule has 0 saturated carbocycles. The minimum absolute atomic E-state index is 0.0507. The number of likely N-dealkylation sites (tertiary alicyclic amines) is 1. The fraction of sp³-hybridized carbons (Fsp3) is 0.524. The number of esters is 1. The molecule has 1 aliphatic heterocycles. The van der Waals surface area contributed by atoms with Crippen molar-refractivity contribution in [1.82, 2.24) is 10.1 Å². The minimum atomic E-state index is -0.766. The van der Waals surface area contributed by atoms with Crippen LogP contribution in [0.5, 0.6) is 11.5 Å². The Bertz CT molecular complexity index is 755. The van der Waals surface area contributed by atoms with Gasteiger partial charge in [0.05, 0.1) is 20.8 Å². The Hall–Kier alpha value is -2.52. The first-order chi connectivity index (χ1) is 14.4. The van der Waals surface area contributed by atoms with Crippen LogP contribution in [-0.2, 0) is 20.9 Å². The Kier molecular flexibility index (Phi) is 9.20. The first-order valence-electron chi connectivity index (χ1n) is 10.2. The second-order valence-corrected chi connectivity index (χ2v) is 7.22. The van der Waals surface area contributed by atoms with Gasteiger partial charge in [-0.3, -0.25) is 4.79 Å². The van der Waals surface area contributed by atoms with E-state index in [0.29, 0.717) is 44.0 Å². The van der Waals surface area contributed by atoms with Crippen molar-refractivity contribution in [2.75, 3.05) is 27.4 Å². The quantitative estimate of drug-likeness (QED) is 0.320. The summed E-state index contributed by atoms with van der Waals surface area (Å²) in [4.78, 5) is 26.4. The molecule has 2 rings (SSSR count). The van der Waals surface area contributed by atoms with Gasteiger partial charge in [0.15, 0.2) is 0 Å². The number of hydrogen-bond acceptors (Lipinski definition) is 7. The van der Waals surface area contributed by atoms with Crippen LogP contribution in [0, 0.1) is 5.92 Å².